The van der Waals surface area contributed by atoms with E-state index in [1.807, 2.05) is 18.2 Å². The third-order valence-corrected chi connectivity index (χ3v) is 5.72. The van der Waals surface area contributed by atoms with Gasteiger partial charge in [-0.3, -0.25) is 9.89 Å². The number of nitrogens with zero attached hydrogens (tertiary/aromatic N) is 4. The Balaban J connectivity index is 0.00000306. The third kappa shape index (κ3) is 6.80. The van der Waals surface area contributed by atoms with Crippen LogP contribution in [-0.2, 0) is 13.0 Å². The molecule has 3 heterocycles. The average molecular weight is 564 g/mol. The van der Waals surface area contributed by atoms with Gasteiger partial charge in [-0.25, -0.2) is 0 Å². The highest BCUT2D eigenvalue weighted by Gasteiger charge is 2.25. The van der Waals surface area contributed by atoms with Crippen molar-refractivity contribution in [2.45, 2.75) is 45.2 Å². The van der Waals surface area contributed by atoms with Gasteiger partial charge >= 0.3 is 0 Å². The molecule has 1 saturated heterocycles. The zero-order valence-corrected chi connectivity index (χ0v) is 21.6. The summed E-state index contributed by atoms with van der Waals surface area (Å²) >= 11 is 0. The SMILES string of the molecule is CCCc1noc(-c2cccc(CNC(=NC)NCC(c3ccco3)N3CCCC3)c2)n1.I. The average Bonchev–Trinajstić information content (AvgIpc) is 3.60. The van der Waals surface area contributed by atoms with Gasteiger partial charge in [0.2, 0.25) is 0 Å². The lowest BCUT2D eigenvalue weighted by Gasteiger charge is -2.26. The van der Waals surface area contributed by atoms with E-state index in [4.69, 9.17) is 8.94 Å². The molecule has 0 bridgehead atoms. The first-order chi connectivity index (χ1) is 15.8. The molecule has 2 N–H and O–H groups in total. The van der Waals surface area contributed by atoms with E-state index in [2.05, 4.69) is 55.8 Å². The normalized spacial score (nSPS) is 15.3. The van der Waals surface area contributed by atoms with Gasteiger partial charge < -0.3 is 19.6 Å². The van der Waals surface area contributed by atoms with E-state index < -0.39 is 0 Å². The zero-order valence-electron chi connectivity index (χ0n) is 19.3. The highest BCUT2D eigenvalue weighted by Crippen LogP contribution is 2.25. The first-order valence-corrected chi connectivity index (χ1v) is 11.4. The van der Waals surface area contributed by atoms with Crippen molar-refractivity contribution in [2.24, 2.45) is 4.99 Å². The molecular weight excluding hydrogens is 531 g/mol. The summed E-state index contributed by atoms with van der Waals surface area (Å²) in [5.74, 6) is 3.06. The van der Waals surface area contributed by atoms with Gasteiger partial charge in [-0.1, -0.05) is 24.2 Å². The van der Waals surface area contributed by atoms with Crippen molar-refractivity contribution in [3.63, 3.8) is 0 Å². The molecule has 1 fully saturated rings. The maximum absolute atomic E-state index is 5.71. The molecule has 4 rings (SSSR count). The molecule has 178 valence electrons. The number of furan rings is 1. The number of aryl methyl sites for hydroxylation is 1. The lowest BCUT2D eigenvalue weighted by atomic mass is 10.1. The number of guanidine groups is 1. The Labute approximate surface area is 212 Å². The highest BCUT2D eigenvalue weighted by atomic mass is 127. The van der Waals surface area contributed by atoms with Crippen molar-refractivity contribution in [2.75, 3.05) is 26.7 Å². The molecule has 0 amide bonds. The Morgan fingerprint density at radius 3 is 2.76 bits per heavy atom. The number of aliphatic imine (C=N–C) groups is 1. The number of hydrogen-bond donors (Lipinski definition) is 2. The summed E-state index contributed by atoms with van der Waals surface area (Å²) in [4.78, 5) is 11.3. The first-order valence-electron chi connectivity index (χ1n) is 11.4. The van der Waals surface area contributed by atoms with Crippen molar-refractivity contribution >= 4 is 29.9 Å². The minimum Gasteiger partial charge on any atom is -0.468 e. The van der Waals surface area contributed by atoms with Crippen LogP contribution in [0.2, 0.25) is 0 Å². The van der Waals surface area contributed by atoms with Crippen LogP contribution < -0.4 is 10.6 Å². The van der Waals surface area contributed by atoms with Crippen LogP contribution >= 0.6 is 24.0 Å². The smallest absolute Gasteiger partial charge is 0.257 e. The quantitative estimate of drug-likeness (QED) is 0.226. The fraction of sp³-hybridized carbons (Fsp3) is 0.458. The number of halogens is 1. The molecule has 8 nitrogen and oxygen atoms in total. The second-order valence-corrected chi connectivity index (χ2v) is 8.05. The van der Waals surface area contributed by atoms with Crippen molar-refractivity contribution in [1.82, 2.24) is 25.7 Å². The van der Waals surface area contributed by atoms with E-state index in [0.29, 0.717) is 12.4 Å². The van der Waals surface area contributed by atoms with Crippen LogP contribution in [0.4, 0.5) is 0 Å². The van der Waals surface area contributed by atoms with Gasteiger partial charge in [0.15, 0.2) is 11.8 Å². The second-order valence-electron chi connectivity index (χ2n) is 8.05. The number of likely N-dealkylation sites (tertiary alicyclic amines) is 1. The Morgan fingerprint density at radius 2 is 2.03 bits per heavy atom. The number of nitrogens with one attached hydrogen (secondary N) is 2. The second kappa shape index (κ2) is 12.7. The van der Waals surface area contributed by atoms with Crippen LogP contribution in [0.5, 0.6) is 0 Å². The predicted molar refractivity (Wildman–Crippen MR) is 140 cm³/mol. The zero-order chi connectivity index (χ0) is 22.2. The topological polar surface area (TPSA) is 91.7 Å². The van der Waals surface area contributed by atoms with Crippen LogP contribution in [-0.4, -0.2) is 47.7 Å². The minimum absolute atomic E-state index is 0. The summed E-state index contributed by atoms with van der Waals surface area (Å²) in [6, 6.07) is 12.3. The van der Waals surface area contributed by atoms with Gasteiger partial charge in [0.1, 0.15) is 5.76 Å². The number of aromatic nitrogens is 2. The molecule has 1 atom stereocenters. The molecule has 0 aliphatic carbocycles. The fourth-order valence-electron chi connectivity index (χ4n) is 4.05. The minimum atomic E-state index is 0. The van der Waals surface area contributed by atoms with Gasteiger partial charge in [-0.15, -0.1) is 24.0 Å². The Bertz CT molecular complexity index is 998. The molecular formula is C24H33IN6O2. The van der Waals surface area contributed by atoms with Gasteiger partial charge in [-0.2, -0.15) is 4.98 Å². The number of rotatable bonds is 9. The van der Waals surface area contributed by atoms with Gasteiger partial charge in [-0.05, 0) is 62.2 Å². The van der Waals surface area contributed by atoms with Crippen LogP contribution in [0.1, 0.15) is 49.4 Å². The van der Waals surface area contributed by atoms with E-state index in [0.717, 1.165) is 61.1 Å². The maximum atomic E-state index is 5.71. The molecule has 1 unspecified atom stereocenters. The first kappa shape index (κ1) is 25.2. The third-order valence-electron chi connectivity index (χ3n) is 5.72. The molecule has 0 spiro atoms. The van der Waals surface area contributed by atoms with Crippen LogP contribution in [0.15, 0.2) is 56.6 Å². The summed E-state index contributed by atoms with van der Waals surface area (Å²) in [5, 5.41) is 10.9. The Morgan fingerprint density at radius 1 is 1.18 bits per heavy atom. The Kier molecular flexibility index (Phi) is 9.74. The van der Waals surface area contributed by atoms with E-state index in [9.17, 15) is 0 Å². The van der Waals surface area contributed by atoms with E-state index in [-0.39, 0.29) is 30.0 Å². The molecule has 1 aliphatic rings. The van der Waals surface area contributed by atoms with Crippen molar-refractivity contribution < 1.29 is 8.94 Å². The molecule has 3 aromatic rings. The lowest BCUT2D eigenvalue weighted by molar-refractivity contribution is 0.215. The fourth-order valence-corrected chi connectivity index (χ4v) is 4.05. The summed E-state index contributed by atoms with van der Waals surface area (Å²) < 4.78 is 11.1. The molecule has 0 saturated carbocycles. The summed E-state index contributed by atoms with van der Waals surface area (Å²) in [5.41, 5.74) is 2.04. The van der Waals surface area contributed by atoms with Gasteiger partial charge in [0.25, 0.3) is 5.89 Å². The lowest BCUT2D eigenvalue weighted by Crippen LogP contribution is -2.42. The molecule has 2 aromatic heterocycles. The van der Waals surface area contributed by atoms with Crippen LogP contribution in [0.3, 0.4) is 0 Å². The van der Waals surface area contributed by atoms with Gasteiger partial charge in [0, 0.05) is 32.1 Å². The van der Waals surface area contributed by atoms with Crippen LogP contribution in [0, 0.1) is 0 Å². The van der Waals surface area contributed by atoms with E-state index in [1.165, 1.54) is 12.8 Å². The van der Waals surface area contributed by atoms with Crippen molar-refractivity contribution in [3.05, 3.63) is 59.8 Å². The summed E-state index contributed by atoms with van der Waals surface area (Å²) in [7, 11) is 1.79. The Hall–Kier alpha value is -2.40. The van der Waals surface area contributed by atoms with Gasteiger partial charge in [0.05, 0.1) is 12.3 Å². The van der Waals surface area contributed by atoms with E-state index in [1.54, 1.807) is 13.3 Å². The van der Waals surface area contributed by atoms with Crippen molar-refractivity contribution in [1.29, 1.82) is 0 Å². The monoisotopic (exact) mass is 564 g/mol. The molecule has 1 aromatic carbocycles. The summed E-state index contributed by atoms with van der Waals surface area (Å²) in [6.07, 6.45) is 6.03. The molecule has 0 radical (unpaired) electrons. The van der Waals surface area contributed by atoms with Crippen molar-refractivity contribution in [3.8, 4) is 11.5 Å². The molecule has 1 aliphatic heterocycles. The standard InChI is InChI=1S/C24H32N6O2.HI/c1-3-8-22-28-23(32-29-22)19-10-6-9-18(15-19)16-26-24(25-2)27-17-20(21-11-7-14-31-21)30-12-4-5-13-30;/h6-7,9-11,14-15,20H,3-5,8,12-13,16-17H2,1-2H3,(H2,25,26,27);1H. The maximum Gasteiger partial charge on any atom is 0.257 e. The number of hydrogen-bond acceptors (Lipinski definition) is 6. The number of benzene rings is 1. The highest BCUT2D eigenvalue weighted by molar-refractivity contribution is 14.0. The molecule has 9 heteroatoms. The van der Waals surface area contributed by atoms with E-state index >= 15 is 0 Å². The molecule has 33 heavy (non-hydrogen) atoms. The summed E-state index contributed by atoms with van der Waals surface area (Å²) in [6.45, 7) is 5.67. The largest absolute Gasteiger partial charge is 0.468 e. The van der Waals surface area contributed by atoms with Crippen LogP contribution in [0.25, 0.3) is 11.5 Å². The predicted octanol–water partition coefficient (Wildman–Crippen LogP) is 4.40.